The Morgan fingerprint density at radius 2 is 2.07 bits per heavy atom. The molecule has 0 aliphatic carbocycles. The fourth-order valence-corrected chi connectivity index (χ4v) is 1.18. The summed E-state index contributed by atoms with van der Waals surface area (Å²) in [5, 5.41) is 0. The molecule has 0 saturated carbocycles. The Bertz CT molecular complexity index is 278. The molecule has 1 N–H and O–H groups in total. The van der Waals surface area contributed by atoms with Crippen molar-refractivity contribution in [1.29, 1.82) is 0 Å². The molecule has 0 aliphatic rings. The predicted octanol–water partition coefficient (Wildman–Crippen LogP) is 3.16. The number of rotatable bonds is 4. The van der Waals surface area contributed by atoms with E-state index in [1.54, 1.807) is 0 Å². The molecule has 0 radical (unpaired) electrons. The quantitative estimate of drug-likeness (QED) is 0.753. The Hall–Kier alpha value is -1.00. The molecule has 0 saturated heterocycles. The number of nitrogens with one attached hydrogen (secondary N) is 1. The van der Waals surface area contributed by atoms with E-state index in [0.717, 1.165) is 25.5 Å². The number of hydrogen-bond acceptors (Lipinski definition) is 1. The van der Waals surface area contributed by atoms with Crippen LogP contribution in [0.2, 0.25) is 0 Å². The number of nitrogens with zero attached hydrogens (tertiary/aromatic N) is 1. The summed E-state index contributed by atoms with van der Waals surface area (Å²) in [6.45, 7) is 2.04. The maximum atomic E-state index is 12.1. The zero-order valence-corrected chi connectivity index (χ0v) is 7.99. The van der Waals surface area contributed by atoms with Gasteiger partial charge in [-0.1, -0.05) is 19.8 Å². The molecule has 0 fully saturated rings. The lowest BCUT2D eigenvalue weighted by Gasteiger charge is -2.01. The molecule has 0 unspecified atom stereocenters. The van der Waals surface area contributed by atoms with Gasteiger partial charge in [0.05, 0.1) is 6.20 Å². The van der Waals surface area contributed by atoms with Crippen molar-refractivity contribution in [1.82, 2.24) is 9.97 Å². The van der Waals surface area contributed by atoms with Crippen molar-refractivity contribution >= 4 is 0 Å². The van der Waals surface area contributed by atoms with Gasteiger partial charge in [0.2, 0.25) is 0 Å². The fraction of sp³-hybridized carbons (Fsp3) is 0.667. The zero-order chi connectivity index (χ0) is 10.6. The van der Waals surface area contributed by atoms with E-state index >= 15 is 0 Å². The molecule has 1 aromatic heterocycles. The lowest BCUT2D eigenvalue weighted by atomic mass is 10.2. The smallest absolute Gasteiger partial charge is 0.338 e. The van der Waals surface area contributed by atoms with Gasteiger partial charge in [-0.15, -0.1) is 0 Å². The van der Waals surface area contributed by atoms with E-state index in [4.69, 9.17) is 0 Å². The second-order valence-electron chi connectivity index (χ2n) is 3.20. The first-order valence-electron chi connectivity index (χ1n) is 4.65. The van der Waals surface area contributed by atoms with Crippen molar-refractivity contribution in [2.45, 2.75) is 38.8 Å². The molecular formula is C9H13F3N2. The van der Waals surface area contributed by atoms with Crippen molar-refractivity contribution in [3.63, 3.8) is 0 Å². The predicted molar refractivity (Wildman–Crippen MR) is 46.8 cm³/mol. The number of unbranched alkanes of at least 4 members (excludes halogenated alkanes) is 2. The van der Waals surface area contributed by atoms with Gasteiger partial charge in [0.25, 0.3) is 0 Å². The first kappa shape index (κ1) is 11.1. The molecule has 5 heteroatoms. The van der Waals surface area contributed by atoms with Gasteiger partial charge >= 0.3 is 6.18 Å². The van der Waals surface area contributed by atoms with Crippen molar-refractivity contribution in [2.24, 2.45) is 0 Å². The summed E-state index contributed by atoms with van der Waals surface area (Å²) in [7, 11) is 0. The topological polar surface area (TPSA) is 28.7 Å². The molecule has 1 rings (SSSR count). The van der Waals surface area contributed by atoms with E-state index in [1.165, 1.54) is 0 Å². The lowest BCUT2D eigenvalue weighted by Crippen LogP contribution is -2.05. The monoisotopic (exact) mass is 206 g/mol. The first-order valence-corrected chi connectivity index (χ1v) is 4.65. The van der Waals surface area contributed by atoms with Crippen molar-refractivity contribution in [2.75, 3.05) is 0 Å². The molecule has 1 heterocycles. The van der Waals surface area contributed by atoms with Gasteiger partial charge in [0, 0.05) is 6.42 Å². The average molecular weight is 206 g/mol. The number of H-pyrrole nitrogens is 1. The van der Waals surface area contributed by atoms with Crippen LogP contribution in [0.5, 0.6) is 0 Å². The molecule has 0 amide bonds. The van der Waals surface area contributed by atoms with Crippen LogP contribution in [0.25, 0.3) is 0 Å². The summed E-state index contributed by atoms with van der Waals surface area (Å²) in [6.07, 6.45) is 0.0669. The minimum absolute atomic E-state index is 0.422. The molecule has 1 aromatic rings. The Balaban J connectivity index is 2.51. The van der Waals surface area contributed by atoms with Gasteiger partial charge in [-0.2, -0.15) is 13.2 Å². The Labute approximate surface area is 80.5 Å². The number of hydrogen-bond donors (Lipinski definition) is 1. The van der Waals surface area contributed by atoms with Gasteiger partial charge < -0.3 is 4.98 Å². The van der Waals surface area contributed by atoms with Gasteiger partial charge in [-0.05, 0) is 6.42 Å². The zero-order valence-electron chi connectivity index (χ0n) is 7.99. The Morgan fingerprint density at radius 1 is 1.36 bits per heavy atom. The summed E-state index contributed by atoms with van der Waals surface area (Å²) >= 11 is 0. The minimum Gasteiger partial charge on any atom is -0.338 e. The third kappa shape index (κ3) is 3.05. The van der Waals surface area contributed by atoms with E-state index in [2.05, 4.69) is 9.97 Å². The maximum absolute atomic E-state index is 12.1. The molecule has 0 aromatic carbocycles. The molecule has 0 bridgehead atoms. The molecule has 14 heavy (non-hydrogen) atoms. The highest BCUT2D eigenvalue weighted by Crippen LogP contribution is 2.27. The molecule has 0 spiro atoms. The second kappa shape index (κ2) is 4.48. The number of imidazole rings is 1. The van der Waals surface area contributed by atoms with Crippen LogP contribution in [-0.4, -0.2) is 9.97 Å². The SMILES string of the molecule is CCCCCc1ncc(C(F)(F)F)[nH]1. The fourth-order valence-electron chi connectivity index (χ4n) is 1.18. The Kier molecular flexibility index (Phi) is 3.55. The summed E-state index contributed by atoms with van der Waals surface area (Å²) in [4.78, 5) is 5.95. The normalized spacial score (nSPS) is 12.0. The van der Waals surface area contributed by atoms with Crippen LogP contribution in [0.1, 0.15) is 37.7 Å². The number of aromatic amines is 1. The summed E-state index contributed by atoms with van der Waals surface area (Å²) in [6, 6.07) is 0. The third-order valence-corrected chi connectivity index (χ3v) is 1.95. The molecule has 80 valence electrons. The van der Waals surface area contributed by atoms with Crippen LogP contribution in [-0.2, 0) is 12.6 Å². The third-order valence-electron chi connectivity index (χ3n) is 1.95. The summed E-state index contributed by atoms with van der Waals surface area (Å²) in [5.74, 6) is 0.422. The Morgan fingerprint density at radius 3 is 2.57 bits per heavy atom. The second-order valence-corrected chi connectivity index (χ2v) is 3.20. The van der Waals surface area contributed by atoms with E-state index in [0.29, 0.717) is 12.2 Å². The van der Waals surface area contributed by atoms with Gasteiger partial charge in [0.1, 0.15) is 11.5 Å². The molecule has 0 atom stereocenters. The van der Waals surface area contributed by atoms with E-state index < -0.39 is 11.9 Å². The van der Waals surface area contributed by atoms with Crippen molar-refractivity contribution in [3.8, 4) is 0 Å². The van der Waals surface area contributed by atoms with E-state index in [9.17, 15) is 13.2 Å². The largest absolute Gasteiger partial charge is 0.432 e. The molecule has 2 nitrogen and oxygen atoms in total. The van der Waals surface area contributed by atoms with Crippen molar-refractivity contribution < 1.29 is 13.2 Å². The van der Waals surface area contributed by atoms with Crippen LogP contribution in [0.4, 0.5) is 13.2 Å². The van der Waals surface area contributed by atoms with Gasteiger partial charge in [-0.3, -0.25) is 0 Å². The average Bonchev–Trinajstić information content (AvgIpc) is 2.52. The van der Waals surface area contributed by atoms with Crippen LogP contribution in [0.15, 0.2) is 6.20 Å². The highest BCUT2D eigenvalue weighted by Gasteiger charge is 2.32. The van der Waals surface area contributed by atoms with Crippen LogP contribution in [0, 0.1) is 0 Å². The maximum Gasteiger partial charge on any atom is 0.432 e. The summed E-state index contributed by atoms with van der Waals surface area (Å²) in [5.41, 5.74) is -0.760. The first-order chi connectivity index (χ1) is 6.54. The standard InChI is InChI=1S/C9H13F3N2/c1-2-3-4-5-8-13-6-7(14-8)9(10,11)12/h6H,2-5H2,1H3,(H,13,14). The number of halogens is 3. The lowest BCUT2D eigenvalue weighted by molar-refractivity contribution is -0.140. The number of aryl methyl sites for hydroxylation is 1. The number of alkyl halides is 3. The van der Waals surface area contributed by atoms with Gasteiger partial charge in [0.15, 0.2) is 0 Å². The summed E-state index contributed by atoms with van der Waals surface area (Å²) < 4.78 is 36.4. The minimum atomic E-state index is -4.31. The molecule has 0 aliphatic heterocycles. The number of aromatic nitrogens is 2. The highest BCUT2D eigenvalue weighted by molar-refractivity contribution is 5.04. The van der Waals surface area contributed by atoms with Crippen LogP contribution in [0.3, 0.4) is 0 Å². The van der Waals surface area contributed by atoms with Gasteiger partial charge in [-0.25, -0.2) is 4.98 Å². The van der Waals surface area contributed by atoms with Crippen LogP contribution >= 0.6 is 0 Å². The van der Waals surface area contributed by atoms with E-state index in [-0.39, 0.29) is 0 Å². The van der Waals surface area contributed by atoms with Crippen LogP contribution < -0.4 is 0 Å². The highest BCUT2D eigenvalue weighted by atomic mass is 19.4. The van der Waals surface area contributed by atoms with E-state index in [1.807, 2.05) is 6.92 Å². The van der Waals surface area contributed by atoms with Crippen molar-refractivity contribution in [3.05, 3.63) is 17.7 Å². The molecular weight excluding hydrogens is 193 g/mol.